The fourth-order valence-corrected chi connectivity index (χ4v) is 2.83. The minimum atomic E-state index is 0.866. The zero-order chi connectivity index (χ0) is 13.7. The SMILES string of the molecule is CCC[NH+]1CCN(C(=S)Nc2ccccc2C)CC1. The minimum absolute atomic E-state index is 0.866. The van der Waals surface area contributed by atoms with Gasteiger partial charge in [0.2, 0.25) is 0 Å². The largest absolute Gasteiger partial charge is 0.338 e. The van der Waals surface area contributed by atoms with Crippen molar-refractivity contribution in [2.75, 3.05) is 38.0 Å². The first kappa shape index (κ1) is 14.3. The molecule has 1 aromatic rings. The Balaban J connectivity index is 1.87. The van der Waals surface area contributed by atoms with Gasteiger partial charge >= 0.3 is 0 Å². The quantitative estimate of drug-likeness (QED) is 0.813. The van der Waals surface area contributed by atoms with Gasteiger partial charge in [-0.25, -0.2) is 0 Å². The number of nitrogens with one attached hydrogen (secondary N) is 2. The summed E-state index contributed by atoms with van der Waals surface area (Å²) >= 11 is 5.52. The third-order valence-corrected chi connectivity index (χ3v) is 4.11. The topological polar surface area (TPSA) is 19.7 Å². The van der Waals surface area contributed by atoms with Crippen LogP contribution < -0.4 is 10.2 Å². The minimum Gasteiger partial charge on any atom is -0.338 e. The number of para-hydroxylation sites is 1. The first-order chi connectivity index (χ1) is 9.20. The lowest BCUT2D eigenvalue weighted by Crippen LogP contribution is -3.14. The van der Waals surface area contributed by atoms with Crippen LogP contribution in [-0.2, 0) is 0 Å². The van der Waals surface area contributed by atoms with Gasteiger partial charge in [0.15, 0.2) is 5.11 Å². The maximum atomic E-state index is 5.52. The number of hydrogen-bond acceptors (Lipinski definition) is 1. The van der Waals surface area contributed by atoms with Gasteiger partial charge in [0.25, 0.3) is 0 Å². The number of quaternary nitrogens is 1. The van der Waals surface area contributed by atoms with Crippen LogP contribution in [0.15, 0.2) is 24.3 Å². The highest BCUT2D eigenvalue weighted by Crippen LogP contribution is 2.13. The van der Waals surface area contributed by atoms with E-state index in [1.807, 2.05) is 6.07 Å². The zero-order valence-corrected chi connectivity index (χ0v) is 12.7. The standard InChI is InChI=1S/C15H23N3S/c1-3-8-17-9-11-18(12-10-17)15(19)16-14-7-5-4-6-13(14)2/h4-7H,3,8-12H2,1-2H3,(H,16,19)/p+1. The van der Waals surface area contributed by atoms with E-state index in [4.69, 9.17) is 12.2 Å². The van der Waals surface area contributed by atoms with Crippen LogP contribution in [0, 0.1) is 6.92 Å². The van der Waals surface area contributed by atoms with Crippen molar-refractivity contribution >= 4 is 23.0 Å². The van der Waals surface area contributed by atoms with Crippen LogP contribution in [0.5, 0.6) is 0 Å². The Morgan fingerprint density at radius 2 is 2.00 bits per heavy atom. The molecule has 1 aliphatic heterocycles. The lowest BCUT2D eigenvalue weighted by molar-refractivity contribution is -0.903. The number of piperazine rings is 1. The number of aryl methyl sites for hydroxylation is 1. The molecular weight excluding hydrogens is 254 g/mol. The van der Waals surface area contributed by atoms with Gasteiger partial charge in [-0.15, -0.1) is 0 Å². The van der Waals surface area contributed by atoms with E-state index in [1.54, 1.807) is 4.90 Å². The number of nitrogens with zero attached hydrogens (tertiary/aromatic N) is 1. The van der Waals surface area contributed by atoms with E-state index < -0.39 is 0 Å². The van der Waals surface area contributed by atoms with Gasteiger partial charge in [0.1, 0.15) is 0 Å². The summed E-state index contributed by atoms with van der Waals surface area (Å²) in [5, 5.41) is 4.24. The number of hydrogen-bond donors (Lipinski definition) is 2. The molecule has 1 fully saturated rings. The van der Waals surface area contributed by atoms with Crippen molar-refractivity contribution in [3.05, 3.63) is 29.8 Å². The van der Waals surface area contributed by atoms with E-state index in [1.165, 1.54) is 31.6 Å². The molecule has 0 spiro atoms. The molecule has 19 heavy (non-hydrogen) atoms. The molecule has 104 valence electrons. The Morgan fingerprint density at radius 1 is 1.32 bits per heavy atom. The van der Waals surface area contributed by atoms with Crippen molar-refractivity contribution in [3.8, 4) is 0 Å². The molecule has 0 atom stereocenters. The molecule has 2 N–H and O–H groups in total. The first-order valence-corrected chi connectivity index (χ1v) is 7.56. The highest BCUT2D eigenvalue weighted by Gasteiger charge is 2.20. The normalized spacial score (nSPS) is 16.4. The Bertz CT molecular complexity index is 425. The molecule has 1 heterocycles. The van der Waals surface area contributed by atoms with Gasteiger partial charge in [0, 0.05) is 5.69 Å². The molecule has 1 saturated heterocycles. The lowest BCUT2D eigenvalue weighted by Gasteiger charge is -2.33. The van der Waals surface area contributed by atoms with E-state index in [-0.39, 0.29) is 0 Å². The van der Waals surface area contributed by atoms with E-state index in [0.717, 1.165) is 23.9 Å². The third kappa shape index (κ3) is 3.91. The summed E-state index contributed by atoms with van der Waals surface area (Å²) in [6.45, 7) is 10.2. The molecule has 3 nitrogen and oxygen atoms in total. The summed E-state index contributed by atoms with van der Waals surface area (Å²) in [4.78, 5) is 4.00. The highest BCUT2D eigenvalue weighted by atomic mass is 32.1. The molecule has 0 saturated carbocycles. The number of benzene rings is 1. The van der Waals surface area contributed by atoms with Gasteiger partial charge in [-0.1, -0.05) is 25.1 Å². The van der Waals surface area contributed by atoms with E-state index in [2.05, 4.69) is 42.3 Å². The molecule has 1 aliphatic rings. The molecule has 0 amide bonds. The van der Waals surface area contributed by atoms with Gasteiger partial charge in [-0.2, -0.15) is 0 Å². The molecule has 0 bridgehead atoms. The Kier molecular flexibility index (Phi) is 5.16. The molecule has 0 aromatic heterocycles. The summed E-state index contributed by atoms with van der Waals surface area (Å²) in [5.41, 5.74) is 2.36. The second kappa shape index (κ2) is 6.87. The van der Waals surface area contributed by atoms with Gasteiger partial charge in [-0.3, -0.25) is 0 Å². The van der Waals surface area contributed by atoms with Crippen LogP contribution in [0.2, 0.25) is 0 Å². The van der Waals surface area contributed by atoms with Crippen LogP contribution in [0.1, 0.15) is 18.9 Å². The fraction of sp³-hybridized carbons (Fsp3) is 0.533. The molecule has 2 rings (SSSR count). The molecule has 4 heteroatoms. The second-order valence-corrected chi connectivity index (χ2v) is 5.62. The average Bonchev–Trinajstić information content (AvgIpc) is 2.42. The molecule has 0 aliphatic carbocycles. The third-order valence-electron chi connectivity index (χ3n) is 3.75. The van der Waals surface area contributed by atoms with Crippen molar-refractivity contribution < 1.29 is 4.90 Å². The Hall–Kier alpha value is -1.13. The monoisotopic (exact) mass is 278 g/mol. The summed E-state index contributed by atoms with van der Waals surface area (Å²) in [6.07, 6.45) is 1.27. The molecule has 0 radical (unpaired) electrons. The van der Waals surface area contributed by atoms with Crippen LogP contribution in [0.4, 0.5) is 5.69 Å². The van der Waals surface area contributed by atoms with Crippen molar-refractivity contribution in [1.29, 1.82) is 0 Å². The smallest absolute Gasteiger partial charge is 0.173 e. The predicted octanol–water partition coefficient (Wildman–Crippen LogP) is 1.30. The Morgan fingerprint density at radius 3 is 2.63 bits per heavy atom. The summed E-state index contributed by atoms with van der Waals surface area (Å²) in [5.74, 6) is 0. The molecule has 0 unspecified atom stereocenters. The summed E-state index contributed by atoms with van der Waals surface area (Å²) in [7, 11) is 0. The van der Waals surface area contributed by atoms with E-state index in [9.17, 15) is 0 Å². The summed E-state index contributed by atoms with van der Waals surface area (Å²) < 4.78 is 0. The first-order valence-electron chi connectivity index (χ1n) is 7.16. The molecule has 1 aromatic carbocycles. The van der Waals surface area contributed by atoms with E-state index in [0.29, 0.717) is 0 Å². The maximum absolute atomic E-state index is 5.52. The summed E-state index contributed by atoms with van der Waals surface area (Å²) in [6, 6.07) is 8.28. The number of rotatable bonds is 3. The fourth-order valence-electron chi connectivity index (χ4n) is 2.54. The van der Waals surface area contributed by atoms with Crippen LogP contribution in [0.25, 0.3) is 0 Å². The van der Waals surface area contributed by atoms with Gasteiger partial charge in [-0.05, 0) is 37.2 Å². The number of anilines is 1. The van der Waals surface area contributed by atoms with Crippen molar-refractivity contribution in [2.45, 2.75) is 20.3 Å². The number of thiocarbonyl (C=S) groups is 1. The van der Waals surface area contributed by atoms with Crippen molar-refractivity contribution in [3.63, 3.8) is 0 Å². The molecular formula is C15H24N3S+. The Labute approximate surface area is 121 Å². The lowest BCUT2D eigenvalue weighted by atomic mass is 10.2. The maximum Gasteiger partial charge on any atom is 0.173 e. The zero-order valence-electron chi connectivity index (χ0n) is 11.9. The van der Waals surface area contributed by atoms with Crippen LogP contribution in [0.3, 0.4) is 0 Å². The van der Waals surface area contributed by atoms with Crippen LogP contribution >= 0.6 is 12.2 Å². The second-order valence-electron chi connectivity index (χ2n) is 5.23. The van der Waals surface area contributed by atoms with Crippen molar-refractivity contribution in [1.82, 2.24) is 4.90 Å². The average molecular weight is 278 g/mol. The van der Waals surface area contributed by atoms with Gasteiger partial charge < -0.3 is 15.1 Å². The highest BCUT2D eigenvalue weighted by molar-refractivity contribution is 7.80. The predicted molar refractivity (Wildman–Crippen MR) is 84.8 cm³/mol. The van der Waals surface area contributed by atoms with Crippen molar-refractivity contribution in [2.24, 2.45) is 0 Å². The van der Waals surface area contributed by atoms with E-state index >= 15 is 0 Å². The van der Waals surface area contributed by atoms with Gasteiger partial charge in [0.05, 0.1) is 32.7 Å². The van der Waals surface area contributed by atoms with Crippen LogP contribution in [-0.4, -0.2) is 42.7 Å².